The number of hydrogen-bond donors (Lipinski definition) is 1. The number of rotatable bonds is 9. The summed E-state index contributed by atoms with van der Waals surface area (Å²) >= 11 is 0. The molecule has 0 heterocycles. The normalized spacial score (nSPS) is 11.6. The number of alkyl carbamates (subject to hydrolysis) is 1. The summed E-state index contributed by atoms with van der Waals surface area (Å²) in [6.45, 7) is 7.42. The van der Waals surface area contributed by atoms with Crippen molar-refractivity contribution in [3.8, 4) is 0 Å². The number of Topliss-reactive ketones (excluding diaryl/α,β-unsaturated/α-hetero) is 1. The Balaban J connectivity index is 2.86. The first-order chi connectivity index (χ1) is 13.9. The SMILES string of the molecule is CCOC(=O)C(=CN(C)C)C(=O)c1cc(CCCNC(=O)OC(C)(C)C)ccc1F. The summed E-state index contributed by atoms with van der Waals surface area (Å²) in [5, 5.41) is 2.65. The lowest BCUT2D eigenvalue weighted by molar-refractivity contribution is -0.138. The molecule has 166 valence electrons. The van der Waals surface area contributed by atoms with E-state index >= 15 is 0 Å². The van der Waals surface area contributed by atoms with Crippen LogP contribution < -0.4 is 5.32 Å². The molecule has 0 saturated heterocycles. The minimum Gasteiger partial charge on any atom is -0.462 e. The van der Waals surface area contributed by atoms with Crippen LogP contribution in [0.5, 0.6) is 0 Å². The van der Waals surface area contributed by atoms with Gasteiger partial charge in [-0.2, -0.15) is 0 Å². The number of hydrogen-bond acceptors (Lipinski definition) is 6. The smallest absolute Gasteiger partial charge is 0.407 e. The van der Waals surface area contributed by atoms with Gasteiger partial charge in [0.25, 0.3) is 0 Å². The number of amides is 1. The van der Waals surface area contributed by atoms with E-state index in [1.54, 1.807) is 47.9 Å². The number of ketones is 1. The van der Waals surface area contributed by atoms with Crippen LogP contribution in [0.1, 0.15) is 50.0 Å². The highest BCUT2D eigenvalue weighted by molar-refractivity contribution is 6.24. The maximum absolute atomic E-state index is 14.3. The molecule has 0 aliphatic heterocycles. The number of carbonyl (C=O) groups excluding carboxylic acids is 3. The van der Waals surface area contributed by atoms with Gasteiger partial charge in [-0.1, -0.05) is 6.07 Å². The maximum Gasteiger partial charge on any atom is 0.407 e. The zero-order valence-electron chi connectivity index (χ0n) is 18.5. The molecule has 0 spiro atoms. The van der Waals surface area contributed by atoms with Gasteiger partial charge in [0.15, 0.2) is 0 Å². The molecule has 7 nitrogen and oxygen atoms in total. The van der Waals surface area contributed by atoms with E-state index in [2.05, 4.69) is 5.32 Å². The van der Waals surface area contributed by atoms with Crippen molar-refractivity contribution in [1.82, 2.24) is 10.2 Å². The Labute approximate surface area is 177 Å². The fraction of sp³-hybridized carbons (Fsp3) is 0.500. The molecule has 30 heavy (non-hydrogen) atoms. The zero-order valence-corrected chi connectivity index (χ0v) is 18.5. The molecule has 1 amide bonds. The van der Waals surface area contributed by atoms with Crippen LogP contribution in [0.3, 0.4) is 0 Å². The van der Waals surface area contributed by atoms with E-state index in [4.69, 9.17) is 9.47 Å². The third-order valence-corrected chi connectivity index (χ3v) is 3.71. The van der Waals surface area contributed by atoms with Gasteiger partial charge >= 0.3 is 12.1 Å². The summed E-state index contributed by atoms with van der Waals surface area (Å²) in [6, 6.07) is 4.19. The van der Waals surface area contributed by atoms with Crippen molar-refractivity contribution in [2.45, 2.75) is 46.1 Å². The predicted octanol–water partition coefficient (Wildman–Crippen LogP) is 3.47. The summed E-state index contributed by atoms with van der Waals surface area (Å²) in [6.07, 6.45) is 1.88. The number of carbonyl (C=O) groups is 3. The van der Waals surface area contributed by atoms with Gasteiger partial charge in [0, 0.05) is 26.8 Å². The Morgan fingerprint density at radius 1 is 1.20 bits per heavy atom. The summed E-state index contributed by atoms with van der Waals surface area (Å²) in [4.78, 5) is 38.1. The van der Waals surface area contributed by atoms with E-state index in [0.29, 0.717) is 24.9 Å². The van der Waals surface area contributed by atoms with Crippen molar-refractivity contribution in [2.75, 3.05) is 27.2 Å². The van der Waals surface area contributed by atoms with Crippen molar-refractivity contribution in [3.05, 3.63) is 46.9 Å². The Morgan fingerprint density at radius 2 is 1.87 bits per heavy atom. The highest BCUT2D eigenvalue weighted by Crippen LogP contribution is 2.18. The summed E-state index contributed by atoms with van der Waals surface area (Å²) in [7, 11) is 3.30. The van der Waals surface area contributed by atoms with E-state index < -0.39 is 29.3 Å². The minimum atomic E-state index is -0.803. The molecule has 1 rings (SSSR count). The molecular formula is C22H31FN2O5. The van der Waals surface area contributed by atoms with Crippen molar-refractivity contribution >= 4 is 17.8 Å². The lowest BCUT2D eigenvalue weighted by Gasteiger charge is -2.19. The third-order valence-electron chi connectivity index (χ3n) is 3.71. The number of esters is 1. The number of benzene rings is 1. The fourth-order valence-corrected chi connectivity index (χ4v) is 2.52. The number of nitrogens with zero attached hydrogens (tertiary/aromatic N) is 1. The van der Waals surface area contributed by atoms with E-state index in [-0.39, 0.29) is 17.7 Å². The van der Waals surface area contributed by atoms with Crippen molar-refractivity contribution in [1.29, 1.82) is 0 Å². The number of ether oxygens (including phenoxy) is 2. The van der Waals surface area contributed by atoms with E-state index in [1.165, 1.54) is 23.2 Å². The van der Waals surface area contributed by atoms with Gasteiger partial charge in [0.2, 0.25) is 5.78 Å². The second kappa shape index (κ2) is 11.3. The van der Waals surface area contributed by atoms with E-state index in [0.717, 1.165) is 0 Å². The Kier molecular flexibility index (Phi) is 9.49. The first-order valence-corrected chi connectivity index (χ1v) is 9.80. The van der Waals surface area contributed by atoms with Crippen LogP contribution in [0, 0.1) is 5.82 Å². The molecule has 0 saturated carbocycles. The highest BCUT2D eigenvalue weighted by Gasteiger charge is 2.24. The summed E-state index contributed by atoms with van der Waals surface area (Å²) in [5.41, 5.74) is -0.315. The quantitative estimate of drug-likeness (QED) is 0.164. The molecular weight excluding hydrogens is 391 g/mol. The van der Waals surface area contributed by atoms with Gasteiger partial charge in [-0.3, -0.25) is 4.79 Å². The molecule has 0 aliphatic carbocycles. The minimum absolute atomic E-state index is 0.101. The van der Waals surface area contributed by atoms with E-state index in [1.807, 2.05) is 0 Å². The standard InChI is InChI=1S/C22H31FN2O5/c1-7-29-20(27)17(14-25(5)6)19(26)16-13-15(10-11-18(16)23)9-8-12-24-21(28)30-22(2,3)4/h10-11,13-14H,7-9,12H2,1-6H3,(H,24,28). The van der Waals surface area contributed by atoms with Crippen LogP contribution in [-0.4, -0.2) is 55.6 Å². The molecule has 0 unspecified atom stereocenters. The largest absolute Gasteiger partial charge is 0.462 e. The van der Waals surface area contributed by atoms with Gasteiger partial charge in [-0.05, 0) is 58.2 Å². The van der Waals surface area contributed by atoms with Gasteiger partial charge in [0.1, 0.15) is 17.0 Å². The number of halogens is 1. The molecule has 1 N–H and O–H groups in total. The molecule has 0 radical (unpaired) electrons. The average molecular weight is 422 g/mol. The number of nitrogens with one attached hydrogen (secondary N) is 1. The molecule has 8 heteroatoms. The van der Waals surface area contributed by atoms with Crippen LogP contribution in [0.2, 0.25) is 0 Å². The van der Waals surface area contributed by atoms with Crippen molar-refractivity contribution < 1.29 is 28.2 Å². The van der Waals surface area contributed by atoms with Crippen LogP contribution in [0.25, 0.3) is 0 Å². The molecule has 0 aliphatic rings. The van der Waals surface area contributed by atoms with Gasteiger partial charge in [-0.15, -0.1) is 0 Å². The van der Waals surface area contributed by atoms with Gasteiger partial charge < -0.3 is 19.7 Å². The second-order valence-corrected chi connectivity index (χ2v) is 7.90. The van der Waals surface area contributed by atoms with Crippen LogP contribution >= 0.6 is 0 Å². The zero-order chi connectivity index (χ0) is 22.9. The summed E-state index contributed by atoms with van der Waals surface area (Å²) in [5.74, 6) is -2.26. The predicted molar refractivity (Wildman–Crippen MR) is 112 cm³/mol. The second-order valence-electron chi connectivity index (χ2n) is 7.90. The number of aryl methyl sites for hydroxylation is 1. The molecule has 1 aromatic rings. The Morgan fingerprint density at radius 3 is 2.43 bits per heavy atom. The van der Waals surface area contributed by atoms with Crippen molar-refractivity contribution in [3.63, 3.8) is 0 Å². The summed E-state index contributed by atoms with van der Waals surface area (Å²) < 4.78 is 24.4. The van der Waals surface area contributed by atoms with E-state index in [9.17, 15) is 18.8 Å². The molecule has 1 aromatic carbocycles. The fourth-order valence-electron chi connectivity index (χ4n) is 2.52. The average Bonchev–Trinajstić information content (AvgIpc) is 2.62. The lowest BCUT2D eigenvalue weighted by atomic mass is 9.99. The molecule has 0 fully saturated rings. The molecule has 0 aromatic heterocycles. The Hall–Kier alpha value is -2.90. The van der Waals surface area contributed by atoms with Gasteiger partial charge in [-0.25, -0.2) is 14.0 Å². The monoisotopic (exact) mass is 422 g/mol. The maximum atomic E-state index is 14.3. The Bertz CT molecular complexity index is 797. The first-order valence-electron chi connectivity index (χ1n) is 9.80. The topological polar surface area (TPSA) is 84.9 Å². The van der Waals surface area contributed by atoms with Crippen molar-refractivity contribution in [2.24, 2.45) is 0 Å². The molecule has 0 atom stereocenters. The third kappa shape index (κ3) is 8.63. The van der Waals surface area contributed by atoms with Gasteiger partial charge in [0.05, 0.1) is 12.2 Å². The lowest BCUT2D eigenvalue weighted by Crippen LogP contribution is -2.33. The highest BCUT2D eigenvalue weighted by atomic mass is 19.1. The van der Waals surface area contributed by atoms with Crippen LogP contribution in [0.15, 0.2) is 30.0 Å². The first kappa shape index (κ1) is 25.1. The van der Waals surface area contributed by atoms with Crippen LogP contribution in [-0.2, 0) is 20.7 Å². The molecule has 0 bridgehead atoms. The van der Waals surface area contributed by atoms with Crippen LogP contribution in [0.4, 0.5) is 9.18 Å².